The van der Waals surface area contributed by atoms with Gasteiger partial charge in [0.1, 0.15) is 0 Å². The van der Waals surface area contributed by atoms with E-state index < -0.39 is 0 Å². The summed E-state index contributed by atoms with van der Waals surface area (Å²) >= 11 is 0. The van der Waals surface area contributed by atoms with Crippen molar-refractivity contribution in [2.75, 3.05) is 13.6 Å². The van der Waals surface area contributed by atoms with Crippen LogP contribution in [-0.2, 0) is 6.42 Å². The van der Waals surface area contributed by atoms with Gasteiger partial charge in [-0.1, -0.05) is 26.2 Å². The fourth-order valence-corrected chi connectivity index (χ4v) is 1.90. The van der Waals surface area contributed by atoms with Gasteiger partial charge in [0.25, 0.3) is 0 Å². The first-order valence-corrected chi connectivity index (χ1v) is 6.69. The second-order valence-electron chi connectivity index (χ2n) is 4.79. The van der Waals surface area contributed by atoms with Gasteiger partial charge in [0.15, 0.2) is 0 Å². The van der Waals surface area contributed by atoms with E-state index in [1.165, 1.54) is 32.2 Å². The highest BCUT2D eigenvalue weighted by Crippen LogP contribution is 2.06. The number of aromatic nitrogens is 2. The van der Waals surface area contributed by atoms with Gasteiger partial charge >= 0.3 is 0 Å². The number of hydrogen-bond donors (Lipinski definition) is 0. The third-order valence-corrected chi connectivity index (χ3v) is 3.24. The van der Waals surface area contributed by atoms with Gasteiger partial charge in [0, 0.05) is 31.1 Å². The van der Waals surface area contributed by atoms with E-state index >= 15 is 0 Å². The van der Waals surface area contributed by atoms with Crippen molar-refractivity contribution in [3.05, 3.63) is 24.3 Å². The average molecular weight is 235 g/mol. The molecule has 0 N–H and O–H groups in total. The summed E-state index contributed by atoms with van der Waals surface area (Å²) in [5.41, 5.74) is 1.08. The van der Waals surface area contributed by atoms with Crippen molar-refractivity contribution in [1.82, 2.24) is 14.9 Å². The van der Waals surface area contributed by atoms with Crippen LogP contribution in [0.4, 0.5) is 0 Å². The topological polar surface area (TPSA) is 29.0 Å². The second-order valence-corrected chi connectivity index (χ2v) is 4.79. The molecule has 1 rings (SSSR count). The number of rotatable bonds is 8. The quantitative estimate of drug-likeness (QED) is 0.649. The fraction of sp³-hybridized carbons (Fsp3) is 0.714. The zero-order valence-electron chi connectivity index (χ0n) is 11.4. The molecule has 0 fully saturated rings. The SMILES string of the molecule is CCCCCCN(C)C(C)Cc1cnccn1. The zero-order valence-corrected chi connectivity index (χ0v) is 11.4. The Morgan fingerprint density at radius 2 is 2.06 bits per heavy atom. The molecule has 17 heavy (non-hydrogen) atoms. The Bertz CT molecular complexity index is 287. The lowest BCUT2D eigenvalue weighted by atomic mass is 10.1. The van der Waals surface area contributed by atoms with Gasteiger partial charge in [-0.2, -0.15) is 0 Å². The molecule has 0 radical (unpaired) electrons. The highest BCUT2D eigenvalue weighted by atomic mass is 15.1. The Labute approximate surface area is 105 Å². The van der Waals surface area contributed by atoms with Gasteiger partial charge in [0.05, 0.1) is 5.69 Å². The van der Waals surface area contributed by atoms with Crippen molar-refractivity contribution >= 4 is 0 Å². The largest absolute Gasteiger partial charge is 0.303 e. The predicted molar refractivity (Wildman–Crippen MR) is 72.0 cm³/mol. The van der Waals surface area contributed by atoms with E-state index in [1.54, 1.807) is 12.4 Å². The molecule has 1 unspecified atom stereocenters. The van der Waals surface area contributed by atoms with Crippen LogP contribution < -0.4 is 0 Å². The van der Waals surface area contributed by atoms with Crippen molar-refractivity contribution in [2.45, 2.75) is 52.0 Å². The summed E-state index contributed by atoms with van der Waals surface area (Å²) in [6.45, 7) is 5.69. The van der Waals surface area contributed by atoms with E-state index in [2.05, 4.69) is 35.8 Å². The summed E-state index contributed by atoms with van der Waals surface area (Å²) in [7, 11) is 2.20. The van der Waals surface area contributed by atoms with E-state index in [0.717, 1.165) is 12.1 Å². The van der Waals surface area contributed by atoms with Crippen LogP contribution in [0.3, 0.4) is 0 Å². The highest BCUT2D eigenvalue weighted by Gasteiger charge is 2.10. The molecule has 0 spiro atoms. The molecule has 1 aromatic heterocycles. The van der Waals surface area contributed by atoms with E-state index in [4.69, 9.17) is 0 Å². The van der Waals surface area contributed by atoms with Gasteiger partial charge < -0.3 is 4.90 Å². The molecule has 1 atom stereocenters. The minimum atomic E-state index is 0.535. The first kappa shape index (κ1) is 14.1. The first-order valence-electron chi connectivity index (χ1n) is 6.69. The Morgan fingerprint density at radius 1 is 1.24 bits per heavy atom. The summed E-state index contributed by atoms with van der Waals surface area (Å²) in [4.78, 5) is 10.8. The molecule has 3 nitrogen and oxygen atoms in total. The second kappa shape index (κ2) is 8.18. The maximum atomic E-state index is 4.32. The number of hydrogen-bond acceptors (Lipinski definition) is 3. The summed E-state index contributed by atoms with van der Waals surface area (Å²) in [5.74, 6) is 0. The molecule has 0 saturated carbocycles. The van der Waals surface area contributed by atoms with Crippen molar-refractivity contribution in [1.29, 1.82) is 0 Å². The number of likely N-dealkylation sites (N-methyl/N-ethyl adjacent to an activating group) is 1. The summed E-state index contributed by atoms with van der Waals surface area (Å²) in [6, 6.07) is 0.535. The van der Waals surface area contributed by atoms with Crippen molar-refractivity contribution in [2.24, 2.45) is 0 Å². The first-order chi connectivity index (χ1) is 8.24. The Hall–Kier alpha value is -0.960. The maximum absolute atomic E-state index is 4.32. The predicted octanol–water partition coefficient (Wildman–Crippen LogP) is 2.92. The fourth-order valence-electron chi connectivity index (χ4n) is 1.90. The molecule has 0 bridgehead atoms. The molecule has 0 aliphatic rings. The lowest BCUT2D eigenvalue weighted by Crippen LogP contribution is -2.32. The molecule has 1 aromatic rings. The average Bonchev–Trinajstić information content (AvgIpc) is 2.35. The van der Waals surface area contributed by atoms with Crippen LogP contribution >= 0.6 is 0 Å². The van der Waals surface area contributed by atoms with E-state index in [0.29, 0.717) is 6.04 Å². The third kappa shape index (κ3) is 5.78. The van der Waals surface area contributed by atoms with Crippen LogP contribution in [0.1, 0.15) is 45.2 Å². The minimum absolute atomic E-state index is 0.535. The Morgan fingerprint density at radius 3 is 2.71 bits per heavy atom. The molecule has 0 aromatic carbocycles. The van der Waals surface area contributed by atoms with Crippen molar-refractivity contribution in [3.8, 4) is 0 Å². The van der Waals surface area contributed by atoms with Crippen LogP contribution in [0.2, 0.25) is 0 Å². The lowest BCUT2D eigenvalue weighted by molar-refractivity contribution is 0.249. The van der Waals surface area contributed by atoms with E-state index in [9.17, 15) is 0 Å². The maximum Gasteiger partial charge on any atom is 0.0602 e. The normalized spacial score (nSPS) is 12.9. The Balaban J connectivity index is 2.24. The van der Waals surface area contributed by atoms with Gasteiger partial charge in [-0.3, -0.25) is 9.97 Å². The molecule has 3 heteroatoms. The minimum Gasteiger partial charge on any atom is -0.303 e. The molecule has 0 saturated heterocycles. The third-order valence-electron chi connectivity index (χ3n) is 3.24. The van der Waals surface area contributed by atoms with Gasteiger partial charge in [-0.05, 0) is 26.9 Å². The standard InChI is InChI=1S/C14H25N3/c1-4-5-6-7-10-17(3)13(2)11-14-12-15-8-9-16-14/h8-9,12-13H,4-7,10-11H2,1-3H3. The number of nitrogens with zero attached hydrogens (tertiary/aromatic N) is 3. The molecule has 0 aliphatic heterocycles. The summed E-state index contributed by atoms with van der Waals surface area (Å²) < 4.78 is 0. The van der Waals surface area contributed by atoms with Gasteiger partial charge in [-0.15, -0.1) is 0 Å². The van der Waals surface area contributed by atoms with E-state index in [1.807, 2.05) is 6.20 Å². The van der Waals surface area contributed by atoms with Crippen LogP contribution in [0, 0.1) is 0 Å². The Kier molecular flexibility index (Phi) is 6.78. The summed E-state index contributed by atoms with van der Waals surface area (Å²) in [5, 5.41) is 0. The molecular formula is C14H25N3. The molecule has 96 valence electrons. The molecule has 0 amide bonds. The van der Waals surface area contributed by atoms with E-state index in [-0.39, 0.29) is 0 Å². The zero-order chi connectivity index (χ0) is 12.5. The van der Waals surface area contributed by atoms with Crippen LogP contribution in [0.25, 0.3) is 0 Å². The molecule has 1 heterocycles. The monoisotopic (exact) mass is 235 g/mol. The smallest absolute Gasteiger partial charge is 0.0602 e. The molecule has 0 aliphatic carbocycles. The van der Waals surface area contributed by atoms with Gasteiger partial charge in [0.2, 0.25) is 0 Å². The van der Waals surface area contributed by atoms with Crippen LogP contribution in [0.5, 0.6) is 0 Å². The molecular weight excluding hydrogens is 210 g/mol. The van der Waals surface area contributed by atoms with Crippen molar-refractivity contribution in [3.63, 3.8) is 0 Å². The highest BCUT2D eigenvalue weighted by molar-refractivity contribution is 4.97. The lowest BCUT2D eigenvalue weighted by Gasteiger charge is -2.24. The van der Waals surface area contributed by atoms with Crippen LogP contribution in [-0.4, -0.2) is 34.5 Å². The summed E-state index contributed by atoms with van der Waals surface area (Å²) in [6.07, 6.45) is 11.6. The van der Waals surface area contributed by atoms with Gasteiger partial charge in [-0.25, -0.2) is 0 Å². The van der Waals surface area contributed by atoms with Crippen LogP contribution in [0.15, 0.2) is 18.6 Å². The number of unbranched alkanes of at least 4 members (excludes halogenated alkanes) is 3. The van der Waals surface area contributed by atoms with Crippen molar-refractivity contribution < 1.29 is 0 Å².